The third-order valence-electron chi connectivity index (χ3n) is 4.34. The van der Waals surface area contributed by atoms with E-state index in [2.05, 4.69) is 32.0 Å². The first kappa shape index (κ1) is 19.3. The van der Waals surface area contributed by atoms with E-state index >= 15 is 0 Å². The Hall–Kier alpha value is -3.07. The number of fused-ring (bicyclic) bond motifs is 1. The maximum atomic E-state index is 9.72. The summed E-state index contributed by atoms with van der Waals surface area (Å²) in [6.07, 6.45) is 1.78. The predicted octanol–water partition coefficient (Wildman–Crippen LogP) is 6.62. The van der Waals surface area contributed by atoms with E-state index in [1.54, 1.807) is 6.08 Å². The van der Waals surface area contributed by atoms with E-state index in [1.165, 1.54) is 0 Å². The zero-order valence-electron chi connectivity index (χ0n) is 15.2. The first-order valence-corrected chi connectivity index (χ1v) is 10.0. The minimum absolute atomic E-state index is 0.395. The number of allylic oxidation sites excluding steroid dienone is 1. The Kier molecular flexibility index (Phi) is 5.66. The van der Waals surface area contributed by atoms with Crippen LogP contribution < -0.4 is 4.74 Å². The SMILES string of the molecule is N#C/C(=C\c1cc(Br)ccc1OCc1ccc(Cl)cc1)c1nc2ccccc2[nH]1. The summed E-state index contributed by atoms with van der Waals surface area (Å²) in [4.78, 5) is 7.72. The van der Waals surface area contributed by atoms with Crippen LogP contribution in [0.5, 0.6) is 5.75 Å². The molecule has 0 aliphatic rings. The second kappa shape index (κ2) is 8.52. The van der Waals surface area contributed by atoms with Gasteiger partial charge >= 0.3 is 0 Å². The van der Waals surface area contributed by atoms with E-state index in [0.29, 0.717) is 28.8 Å². The molecule has 4 nitrogen and oxygen atoms in total. The molecule has 0 radical (unpaired) electrons. The van der Waals surface area contributed by atoms with E-state index in [1.807, 2.05) is 66.7 Å². The van der Waals surface area contributed by atoms with Gasteiger partial charge in [0.15, 0.2) is 0 Å². The minimum atomic E-state index is 0.395. The first-order valence-electron chi connectivity index (χ1n) is 8.86. The fourth-order valence-electron chi connectivity index (χ4n) is 2.89. The molecule has 0 fully saturated rings. The van der Waals surface area contributed by atoms with Crippen molar-refractivity contribution in [2.24, 2.45) is 0 Å². The molecule has 0 saturated carbocycles. The molecule has 3 aromatic carbocycles. The van der Waals surface area contributed by atoms with E-state index in [4.69, 9.17) is 16.3 Å². The Balaban J connectivity index is 1.66. The highest BCUT2D eigenvalue weighted by atomic mass is 79.9. The van der Waals surface area contributed by atoms with E-state index in [9.17, 15) is 5.26 Å². The van der Waals surface area contributed by atoms with Crippen LogP contribution in [0.1, 0.15) is 17.0 Å². The quantitative estimate of drug-likeness (QED) is 0.337. The summed E-state index contributed by atoms with van der Waals surface area (Å²) in [5.74, 6) is 1.20. The van der Waals surface area contributed by atoms with Gasteiger partial charge in [-0.25, -0.2) is 4.98 Å². The number of para-hydroxylation sites is 2. The molecule has 1 heterocycles. The van der Waals surface area contributed by atoms with Crippen LogP contribution in [0.25, 0.3) is 22.7 Å². The number of aromatic amines is 1. The number of imidazole rings is 1. The van der Waals surface area contributed by atoms with Gasteiger partial charge in [-0.2, -0.15) is 5.26 Å². The van der Waals surface area contributed by atoms with E-state index in [0.717, 1.165) is 26.6 Å². The third kappa shape index (κ3) is 4.51. The van der Waals surface area contributed by atoms with Gasteiger partial charge in [-0.1, -0.05) is 51.8 Å². The van der Waals surface area contributed by atoms with Crippen molar-refractivity contribution in [3.63, 3.8) is 0 Å². The van der Waals surface area contributed by atoms with Crippen molar-refractivity contribution >= 4 is 50.2 Å². The van der Waals surface area contributed by atoms with Gasteiger partial charge in [0.25, 0.3) is 0 Å². The van der Waals surface area contributed by atoms with Gasteiger partial charge in [-0.05, 0) is 54.1 Å². The molecule has 6 heteroatoms. The summed E-state index contributed by atoms with van der Waals surface area (Å²) < 4.78 is 6.90. The number of ether oxygens (including phenoxy) is 1. The van der Waals surface area contributed by atoms with Crippen LogP contribution in [-0.4, -0.2) is 9.97 Å². The Morgan fingerprint density at radius 1 is 1.14 bits per heavy atom. The van der Waals surface area contributed by atoms with Crippen molar-refractivity contribution in [2.75, 3.05) is 0 Å². The number of hydrogen-bond acceptors (Lipinski definition) is 3. The van der Waals surface area contributed by atoms with Crippen molar-refractivity contribution in [3.8, 4) is 11.8 Å². The van der Waals surface area contributed by atoms with Crippen LogP contribution in [0.4, 0.5) is 0 Å². The molecular weight excluding hydrogens is 450 g/mol. The molecule has 0 amide bonds. The first-order chi connectivity index (χ1) is 14.1. The standard InChI is InChI=1S/C23H15BrClN3O/c24-18-7-10-22(29-14-15-5-8-19(25)9-6-15)16(12-18)11-17(13-26)23-27-20-3-1-2-4-21(20)28-23/h1-12H,14H2,(H,27,28)/b17-11+. The molecule has 4 rings (SSSR count). The number of nitriles is 1. The zero-order chi connectivity index (χ0) is 20.2. The average Bonchev–Trinajstić information content (AvgIpc) is 3.16. The molecule has 0 saturated heterocycles. The number of H-pyrrole nitrogens is 1. The number of rotatable bonds is 5. The van der Waals surface area contributed by atoms with Crippen LogP contribution >= 0.6 is 27.5 Å². The lowest BCUT2D eigenvalue weighted by molar-refractivity contribution is 0.305. The summed E-state index contributed by atoms with van der Waals surface area (Å²) >= 11 is 9.43. The average molecular weight is 465 g/mol. The maximum Gasteiger partial charge on any atom is 0.149 e. The van der Waals surface area contributed by atoms with Gasteiger partial charge in [0.05, 0.1) is 16.6 Å². The lowest BCUT2D eigenvalue weighted by atomic mass is 10.1. The van der Waals surface area contributed by atoms with Crippen LogP contribution in [-0.2, 0) is 6.61 Å². The summed E-state index contributed by atoms with van der Waals surface area (Å²) in [6.45, 7) is 0.395. The van der Waals surface area contributed by atoms with Crippen LogP contribution in [0, 0.1) is 11.3 Å². The van der Waals surface area contributed by atoms with Crippen LogP contribution in [0.3, 0.4) is 0 Å². The number of aromatic nitrogens is 2. The van der Waals surface area contributed by atoms with Gasteiger partial charge in [-0.15, -0.1) is 0 Å². The van der Waals surface area contributed by atoms with Crippen molar-refractivity contribution in [2.45, 2.75) is 6.61 Å². The Morgan fingerprint density at radius 2 is 1.93 bits per heavy atom. The molecule has 0 atom stereocenters. The monoisotopic (exact) mass is 463 g/mol. The Morgan fingerprint density at radius 3 is 2.69 bits per heavy atom. The van der Waals surface area contributed by atoms with Crippen molar-refractivity contribution in [1.82, 2.24) is 9.97 Å². The number of halogens is 2. The van der Waals surface area contributed by atoms with E-state index in [-0.39, 0.29) is 0 Å². The maximum absolute atomic E-state index is 9.72. The van der Waals surface area contributed by atoms with Crippen molar-refractivity contribution in [3.05, 3.63) is 93.2 Å². The minimum Gasteiger partial charge on any atom is -0.488 e. The highest BCUT2D eigenvalue weighted by molar-refractivity contribution is 9.10. The molecule has 0 bridgehead atoms. The van der Waals surface area contributed by atoms with Crippen LogP contribution in [0.15, 0.2) is 71.2 Å². The van der Waals surface area contributed by atoms with Gasteiger partial charge in [0, 0.05) is 15.1 Å². The zero-order valence-corrected chi connectivity index (χ0v) is 17.5. The number of nitrogens with zero attached hydrogens (tertiary/aromatic N) is 2. The van der Waals surface area contributed by atoms with Gasteiger partial charge in [-0.3, -0.25) is 0 Å². The summed E-state index contributed by atoms with van der Waals surface area (Å²) in [6, 6.07) is 23.1. The summed E-state index contributed by atoms with van der Waals surface area (Å²) in [7, 11) is 0. The Bertz CT molecular complexity index is 1210. The topological polar surface area (TPSA) is 61.7 Å². The summed E-state index contributed by atoms with van der Waals surface area (Å²) in [5, 5.41) is 10.4. The molecule has 142 valence electrons. The fraction of sp³-hybridized carbons (Fsp3) is 0.0435. The lowest BCUT2D eigenvalue weighted by Gasteiger charge is -2.10. The lowest BCUT2D eigenvalue weighted by Crippen LogP contribution is -1.97. The molecule has 1 N–H and O–H groups in total. The third-order valence-corrected chi connectivity index (χ3v) is 5.09. The molecular formula is C23H15BrClN3O. The van der Waals surface area contributed by atoms with Gasteiger partial charge in [0.1, 0.15) is 24.3 Å². The second-order valence-corrected chi connectivity index (χ2v) is 7.72. The molecule has 0 spiro atoms. The molecule has 29 heavy (non-hydrogen) atoms. The number of hydrogen-bond donors (Lipinski definition) is 1. The number of nitrogens with one attached hydrogen (secondary N) is 1. The van der Waals surface area contributed by atoms with Crippen LogP contribution in [0.2, 0.25) is 5.02 Å². The van der Waals surface area contributed by atoms with Gasteiger partial charge in [0.2, 0.25) is 0 Å². The molecule has 0 aliphatic carbocycles. The molecule has 1 aromatic heterocycles. The number of benzene rings is 3. The molecule has 4 aromatic rings. The highest BCUT2D eigenvalue weighted by Crippen LogP contribution is 2.28. The Labute approximate surface area is 181 Å². The highest BCUT2D eigenvalue weighted by Gasteiger charge is 2.10. The van der Waals surface area contributed by atoms with Crippen molar-refractivity contribution in [1.29, 1.82) is 5.26 Å². The normalized spacial score (nSPS) is 11.4. The molecule has 0 aliphatic heterocycles. The summed E-state index contributed by atoms with van der Waals surface area (Å²) in [5.41, 5.74) is 3.92. The van der Waals surface area contributed by atoms with Gasteiger partial charge < -0.3 is 9.72 Å². The predicted molar refractivity (Wildman–Crippen MR) is 120 cm³/mol. The smallest absolute Gasteiger partial charge is 0.149 e. The molecule has 0 unspecified atom stereocenters. The van der Waals surface area contributed by atoms with Crippen molar-refractivity contribution < 1.29 is 4.74 Å². The fourth-order valence-corrected chi connectivity index (χ4v) is 3.40. The van der Waals surface area contributed by atoms with E-state index < -0.39 is 0 Å². The largest absolute Gasteiger partial charge is 0.488 e. The second-order valence-electron chi connectivity index (χ2n) is 6.37.